The van der Waals surface area contributed by atoms with E-state index >= 15 is 0 Å². The van der Waals surface area contributed by atoms with E-state index in [-0.39, 0.29) is 35.3 Å². The predicted octanol–water partition coefficient (Wildman–Crippen LogP) is 4.57. The van der Waals surface area contributed by atoms with Crippen molar-refractivity contribution in [2.24, 2.45) is 0 Å². The lowest BCUT2D eigenvalue weighted by molar-refractivity contribution is -0.122. The summed E-state index contributed by atoms with van der Waals surface area (Å²) in [6.07, 6.45) is 2.13. The number of hydrogen-bond acceptors (Lipinski definition) is 8. The standard InChI is InChI=1S/C31H31N3O8/c1-4-15-41-25-14-12-22(18-27(25)40-5-2)34-30(37)23(29(36)33-31(34)38)16-20-11-13-24(26(17-20)39-3)42-19-28(35)32-21-9-7-6-8-10-21/h6-14,16-18H,4-5,15,19H2,1-3H3,(H,32,35)(H,33,36,38)/b23-16+. The molecule has 0 unspecified atom stereocenters. The first kappa shape index (κ1) is 29.7. The number of nitrogens with one attached hydrogen (secondary N) is 2. The van der Waals surface area contributed by atoms with Crippen molar-refractivity contribution in [3.63, 3.8) is 0 Å². The number of barbiturate groups is 1. The minimum absolute atomic E-state index is 0.207. The molecule has 218 valence electrons. The number of ether oxygens (including phenoxy) is 4. The van der Waals surface area contributed by atoms with Crippen molar-refractivity contribution in [1.82, 2.24) is 5.32 Å². The monoisotopic (exact) mass is 573 g/mol. The molecular weight excluding hydrogens is 542 g/mol. The molecule has 0 radical (unpaired) electrons. The molecule has 0 atom stereocenters. The molecule has 1 fully saturated rings. The number of urea groups is 1. The van der Waals surface area contributed by atoms with Crippen molar-refractivity contribution >= 4 is 41.2 Å². The van der Waals surface area contributed by atoms with Gasteiger partial charge in [0.15, 0.2) is 29.6 Å². The van der Waals surface area contributed by atoms with Crippen LogP contribution in [-0.2, 0) is 14.4 Å². The molecule has 3 aromatic carbocycles. The zero-order valence-electron chi connectivity index (χ0n) is 23.5. The van der Waals surface area contributed by atoms with Gasteiger partial charge in [-0.2, -0.15) is 0 Å². The first-order valence-corrected chi connectivity index (χ1v) is 13.3. The molecule has 4 rings (SSSR count). The van der Waals surface area contributed by atoms with Crippen LogP contribution in [0, 0.1) is 0 Å². The molecule has 1 saturated heterocycles. The molecule has 0 saturated carbocycles. The summed E-state index contributed by atoms with van der Waals surface area (Å²) in [5, 5.41) is 4.93. The Hall–Kier alpha value is -5.32. The molecular formula is C31H31N3O8. The lowest BCUT2D eigenvalue weighted by Crippen LogP contribution is -2.54. The normalized spacial score (nSPS) is 13.9. The van der Waals surface area contributed by atoms with E-state index < -0.39 is 17.8 Å². The van der Waals surface area contributed by atoms with Gasteiger partial charge in [0, 0.05) is 11.8 Å². The molecule has 42 heavy (non-hydrogen) atoms. The quantitative estimate of drug-likeness (QED) is 0.238. The Morgan fingerprint density at radius 3 is 2.33 bits per heavy atom. The van der Waals surface area contributed by atoms with Crippen LogP contribution < -0.4 is 34.5 Å². The van der Waals surface area contributed by atoms with Crippen LogP contribution in [0.4, 0.5) is 16.2 Å². The van der Waals surface area contributed by atoms with Gasteiger partial charge in [-0.3, -0.25) is 19.7 Å². The van der Waals surface area contributed by atoms with Crippen molar-refractivity contribution in [2.45, 2.75) is 20.3 Å². The van der Waals surface area contributed by atoms with Gasteiger partial charge in [0.1, 0.15) is 5.57 Å². The van der Waals surface area contributed by atoms with Crippen LogP contribution >= 0.6 is 0 Å². The summed E-state index contributed by atoms with van der Waals surface area (Å²) in [7, 11) is 1.42. The molecule has 5 amide bonds. The van der Waals surface area contributed by atoms with Crippen LogP contribution in [0.3, 0.4) is 0 Å². The summed E-state index contributed by atoms with van der Waals surface area (Å²) in [5.41, 5.74) is 1.01. The van der Waals surface area contributed by atoms with E-state index in [1.54, 1.807) is 61.5 Å². The number of methoxy groups -OCH3 is 1. The maximum absolute atomic E-state index is 13.4. The number of rotatable bonds is 12. The molecule has 11 heteroatoms. The highest BCUT2D eigenvalue weighted by Gasteiger charge is 2.37. The van der Waals surface area contributed by atoms with Crippen molar-refractivity contribution < 1.29 is 38.1 Å². The Balaban J connectivity index is 1.54. The highest BCUT2D eigenvalue weighted by atomic mass is 16.5. The predicted molar refractivity (Wildman–Crippen MR) is 156 cm³/mol. The smallest absolute Gasteiger partial charge is 0.335 e. The number of benzene rings is 3. The SMILES string of the molecule is CCCOc1ccc(N2C(=O)NC(=O)/C(=C\c3ccc(OCC(=O)Nc4ccccc4)c(OC)c3)C2=O)cc1OCC. The minimum atomic E-state index is -0.887. The fourth-order valence-corrected chi connectivity index (χ4v) is 4.05. The van der Waals surface area contributed by atoms with Crippen molar-refractivity contribution in [3.8, 4) is 23.0 Å². The van der Waals surface area contributed by atoms with Gasteiger partial charge in [-0.05, 0) is 61.4 Å². The van der Waals surface area contributed by atoms with E-state index in [0.717, 1.165) is 11.3 Å². The molecule has 2 N–H and O–H groups in total. The number of nitrogens with zero attached hydrogens (tertiary/aromatic N) is 1. The summed E-state index contributed by atoms with van der Waals surface area (Å²) in [5.74, 6) is -0.613. The Bertz CT molecular complexity index is 1500. The van der Waals surface area contributed by atoms with E-state index in [2.05, 4.69) is 10.6 Å². The average molecular weight is 574 g/mol. The van der Waals surface area contributed by atoms with Crippen LogP contribution in [0.15, 0.2) is 72.3 Å². The average Bonchev–Trinajstić information content (AvgIpc) is 2.98. The summed E-state index contributed by atoms with van der Waals surface area (Å²) < 4.78 is 22.4. The molecule has 0 aliphatic carbocycles. The number of amides is 5. The largest absolute Gasteiger partial charge is 0.493 e. The molecule has 0 aromatic heterocycles. The van der Waals surface area contributed by atoms with Gasteiger partial charge in [0.2, 0.25) is 0 Å². The number of imide groups is 2. The summed E-state index contributed by atoms with van der Waals surface area (Å²) in [6.45, 7) is 4.32. The summed E-state index contributed by atoms with van der Waals surface area (Å²) >= 11 is 0. The molecule has 3 aromatic rings. The topological polar surface area (TPSA) is 132 Å². The maximum atomic E-state index is 13.4. The number of hydrogen-bond donors (Lipinski definition) is 2. The number of para-hydroxylation sites is 1. The second-order valence-electron chi connectivity index (χ2n) is 8.98. The van der Waals surface area contributed by atoms with Crippen molar-refractivity contribution in [3.05, 3.63) is 77.9 Å². The molecule has 0 spiro atoms. The highest BCUT2D eigenvalue weighted by molar-refractivity contribution is 6.39. The first-order chi connectivity index (χ1) is 20.3. The molecule has 1 heterocycles. The van der Waals surface area contributed by atoms with Crippen LogP contribution in [0.1, 0.15) is 25.8 Å². The minimum Gasteiger partial charge on any atom is -0.493 e. The van der Waals surface area contributed by atoms with Crippen LogP contribution in [-0.4, -0.2) is 50.7 Å². The first-order valence-electron chi connectivity index (χ1n) is 13.3. The lowest BCUT2D eigenvalue weighted by Gasteiger charge is -2.27. The second kappa shape index (κ2) is 13.8. The van der Waals surface area contributed by atoms with Gasteiger partial charge < -0.3 is 24.3 Å². The molecule has 1 aliphatic rings. The Morgan fingerprint density at radius 2 is 1.62 bits per heavy atom. The van der Waals surface area contributed by atoms with Crippen LogP contribution in [0.5, 0.6) is 23.0 Å². The fourth-order valence-electron chi connectivity index (χ4n) is 4.05. The van der Waals surface area contributed by atoms with Gasteiger partial charge in [0.05, 0.1) is 26.0 Å². The van der Waals surface area contributed by atoms with Crippen LogP contribution in [0.25, 0.3) is 6.08 Å². The molecule has 1 aliphatic heterocycles. The Kier molecular flexibility index (Phi) is 9.77. The third kappa shape index (κ3) is 7.05. The van der Waals surface area contributed by atoms with Crippen molar-refractivity contribution in [1.29, 1.82) is 0 Å². The molecule has 0 bridgehead atoms. The number of anilines is 2. The second-order valence-corrected chi connectivity index (χ2v) is 8.98. The van der Waals surface area contributed by atoms with Crippen molar-refractivity contribution in [2.75, 3.05) is 37.1 Å². The van der Waals surface area contributed by atoms with E-state index in [9.17, 15) is 19.2 Å². The van der Waals surface area contributed by atoms with E-state index in [4.69, 9.17) is 18.9 Å². The Labute approximate surface area is 243 Å². The third-order valence-electron chi connectivity index (χ3n) is 5.96. The fraction of sp³-hybridized carbons (Fsp3) is 0.226. The maximum Gasteiger partial charge on any atom is 0.335 e. The van der Waals surface area contributed by atoms with Gasteiger partial charge in [-0.25, -0.2) is 9.69 Å². The van der Waals surface area contributed by atoms with E-state index in [0.29, 0.717) is 36.0 Å². The number of carbonyl (C=O) groups excluding carboxylic acids is 4. The highest BCUT2D eigenvalue weighted by Crippen LogP contribution is 2.34. The van der Waals surface area contributed by atoms with E-state index in [1.807, 2.05) is 13.0 Å². The Morgan fingerprint density at radius 1 is 0.881 bits per heavy atom. The number of carbonyl (C=O) groups is 4. The zero-order valence-corrected chi connectivity index (χ0v) is 23.5. The molecule has 11 nitrogen and oxygen atoms in total. The lowest BCUT2D eigenvalue weighted by atomic mass is 10.1. The van der Waals surface area contributed by atoms with Crippen LogP contribution in [0.2, 0.25) is 0 Å². The summed E-state index contributed by atoms with van der Waals surface area (Å²) in [6, 6.07) is 17.4. The third-order valence-corrected chi connectivity index (χ3v) is 5.96. The van der Waals surface area contributed by atoms with Gasteiger partial charge in [-0.15, -0.1) is 0 Å². The summed E-state index contributed by atoms with van der Waals surface area (Å²) in [4.78, 5) is 52.0. The van der Waals surface area contributed by atoms with Gasteiger partial charge >= 0.3 is 6.03 Å². The zero-order chi connectivity index (χ0) is 30.1. The van der Waals surface area contributed by atoms with E-state index in [1.165, 1.54) is 19.3 Å². The van der Waals surface area contributed by atoms with Gasteiger partial charge in [0.25, 0.3) is 17.7 Å². The van der Waals surface area contributed by atoms with Gasteiger partial charge in [-0.1, -0.05) is 31.2 Å².